The van der Waals surface area contributed by atoms with Crippen LogP contribution >= 0.6 is 0 Å². The molecule has 0 unspecified atom stereocenters. The summed E-state index contributed by atoms with van der Waals surface area (Å²) in [6.45, 7) is 0. The van der Waals surface area contributed by atoms with Crippen LogP contribution in [0.2, 0.25) is 0 Å². The summed E-state index contributed by atoms with van der Waals surface area (Å²) in [5.74, 6) is -1.04. The molecule has 1 aromatic heterocycles. The summed E-state index contributed by atoms with van der Waals surface area (Å²) < 4.78 is 13.3. The largest absolute Gasteiger partial charge is 0.323 e. The van der Waals surface area contributed by atoms with Crippen molar-refractivity contribution < 1.29 is 9.31 Å². The average molecular weight is 197 g/mol. The normalized spacial score (nSPS) is 10.6. The molecule has 2 aromatic rings. The number of aromatic amines is 2. The Kier molecular flexibility index (Phi) is 1.60. The van der Waals surface area contributed by atoms with E-state index in [1.54, 1.807) is 0 Å². The number of aromatic nitrogens is 2. The number of hydrogen-bond acceptors (Lipinski definition) is 3. The number of rotatable bonds is 1. The Balaban J connectivity index is 2.87. The van der Waals surface area contributed by atoms with Crippen molar-refractivity contribution in [2.24, 2.45) is 0 Å². The molecule has 0 atom stereocenters. The van der Waals surface area contributed by atoms with E-state index in [2.05, 4.69) is 9.97 Å². The average Bonchev–Trinajstić information content (AvgIpc) is 2.46. The smallest absolute Gasteiger partial charge is 0.306 e. The van der Waals surface area contributed by atoms with Gasteiger partial charge in [-0.1, -0.05) is 0 Å². The molecule has 0 aliphatic heterocycles. The number of halogens is 1. The lowest BCUT2D eigenvalue weighted by Crippen LogP contribution is -1.99. The number of H-pyrrole nitrogens is 2. The van der Waals surface area contributed by atoms with Crippen molar-refractivity contribution in [3.63, 3.8) is 0 Å². The number of hydrogen-bond donors (Lipinski definition) is 2. The second-order valence-corrected chi connectivity index (χ2v) is 2.66. The van der Waals surface area contributed by atoms with Crippen LogP contribution in [-0.2, 0) is 0 Å². The van der Waals surface area contributed by atoms with Gasteiger partial charge in [-0.15, -0.1) is 0 Å². The van der Waals surface area contributed by atoms with E-state index in [-0.39, 0.29) is 11.0 Å². The van der Waals surface area contributed by atoms with Crippen molar-refractivity contribution >= 4 is 16.7 Å². The highest BCUT2D eigenvalue weighted by atomic mass is 19.1. The minimum absolute atomic E-state index is 0.177. The SMILES string of the molecule is O=c1[nH]c2ccc([N+](=O)[O-])c(F)c2[nH]1. The van der Waals surface area contributed by atoms with Gasteiger partial charge in [-0.3, -0.25) is 10.1 Å². The maximum Gasteiger partial charge on any atom is 0.323 e. The van der Waals surface area contributed by atoms with Gasteiger partial charge >= 0.3 is 11.4 Å². The third kappa shape index (κ3) is 1.06. The topological polar surface area (TPSA) is 91.8 Å². The molecule has 0 spiro atoms. The summed E-state index contributed by atoms with van der Waals surface area (Å²) >= 11 is 0. The Hall–Kier alpha value is -2.18. The molecule has 7 heteroatoms. The summed E-state index contributed by atoms with van der Waals surface area (Å²) in [7, 11) is 0. The zero-order chi connectivity index (χ0) is 10.3. The van der Waals surface area contributed by atoms with Crippen LogP contribution in [0, 0.1) is 15.9 Å². The fourth-order valence-electron chi connectivity index (χ4n) is 1.20. The van der Waals surface area contributed by atoms with Crippen molar-refractivity contribution in [3.05, 3.63) is 38.5 Å². The van der Waals surface area contributed by atoms with Gasteiger partial charge in [0.15, 0.2) is 0 Å². The van der Waals surface area contributed by atoms with E-state index in [1.165, 1.54) is 6.07 Å². The quantitative estimate of drug-likeness (QED) is 0.525. The summed E-state index contributed by atoms with van der Waals surface area (Å²) in [4.78, 5) is 24.7. The van der Waals surface area contributed by atoms with Gasteiger partial charge in [-0.25, -0.2) is 4.79 Å². The van der Waals surface area contributed by atoms with Gasteiger partial charge in [0.25, 0.3) is 0 Å². The van der Waals surface area contributed by atoms with E-state index in [1.807, 2.05) is 0 Å². The third-order valence-corrected chi connectivity index (χ3v) is 1.81. The molecule has 0 amide bonds. The molecule has 0 fully saturated rings. The zero-order valence-electron chi connectivity index (χ0n) is 6.70. The molecule has 0 aliphatic rings. The molecule has 14 heavy (non-hydrogen) atoms. The number of nitro groups is 1. The predicted octanol–water partition coefficient (Wildman–Crippen LogP) is 0.903. The molecular weight excluding hydrogens is 193 g/mol. The van der Waals surface area contributed by atoms with Gasteiger partial charge in [-0.2, -0.15) is 4.39 Å². The lowest BCUT2D eigenvalue weighted by Gasteiger charge is -1.93. The van der Waals surface area contributed by atoms with E-state index in [0.717, 1.165) is 6.07 Å². The number of benzene rings is 1. The van der Waals surface area contributed by atoms with Gasteiger partial charge in [0.1, 0.15) is 5.52 Å². The monoisotopic (exact) mass is 197 g/mol. The summed E-state index contributed by atoms with van der Waals surface area (Å²) in [6.07, 6.45) is 0. The molecule has 0 aliphatic carbocycles. The fraction of sp³-hybridized carbons (Fsp3) is 0. The zero-order valence-corrected chi connectivity index (χ0v) is 6.70. The summed E-state index contributed by atoms with van der Waals surface area (Å²) in [5.41, 5.74) is -1.23. The molecule has 1 aromatic carbocycles. The minimum atomic E-state index is -1.04. The second kappa shape index (κ2) is 2.66. The lowest BCUT2D eigenvalue weighted by atomic mass is 10.2. The van der Waals surface area contributed by atoms with Gasteiger partial charge in [0.2, 0.25) is 5.82 Å². The highest BCUT2D eigenvalue weighted by molar-refractivity contribution is 5.78. The standard InChI is InChI=1S/C7H4FN3O3/c8-5-4(11(13)14)2-1-3-6(5)10-7(12)9-3/h1-2H,(H2,9,10,12). The molecule has 72 valence electrons. The van der Waals surface area contributed by atoms with Crippen LogP contribution in [0.15, 0.2) is 16.9 Å². The summed E-state index contributed by atoms with van der Waals surface area (Å²) in [6, 6.07) is 2.27. The van der Waals surface area contributed by atoms with E-state index in [4.69, 9.17) is 0 Å². The Bertz CT molecular complexity index is 571. The second-order valence-electron chi connectivity index (χ2n) is 2.66. The molecular formula is C7H4FN3O3. The first-order chi connectivity index (χ1) is 6.59. The molecule has 0 radical (unpaired) electrons. The lowest BCUT2D eigenvalue weighted by molar-refractivity contribution is -0.387. The summed E-state index contributed by atoms with van der Waals surface area (Å²) in [5, 5.41) is 10.3. The first kappa shape index (κ1) is 8.42. The van der Waals surface area contributed by atoms with Gasteiger partial charge < -0.3 is 9.97 Å². The van der Waals surface area contributed by atoms with Crippen LogP contribution in [0.3, 0.4) is 0 Å². The van der Waals surface area contributed by atoms with Crippen molar-refractivity contribution in [3.8, 4) is 0 Å². The van der Waals surface area contributed by atoms with Crippen LogP contribution < -0.4 is 5.69 Å². The van der Waals surface area contributed by atoms with Gasteiger partial charge in [-0.05, 0) is 6.07 Å². The van der Waals surface area contributed by atoms with E-state index in [9.17, 15) is 19.3 Å². The van der Waals surface area contributed by atoms with Gasteiger partial charge in [0.05, 0.1) is 10.4 Å². The Morgan fingerprint density at radius 2 is 2.07 bits per heavy atom. The van der Waals surface area contributed by atoms with Crippen LogP contribution in [0.4, 0.5) is 10.1 Å². The van der Waals surface area contributed by atoms with E-state index in [0.29, 0.717) is 0 Å². The molecule has 0 saturated heterocycles. The van der Waals surface area contributed by atoms with Crippen LogP contribution in [0.25, 0.3) is 11.0 Å². The Labute approximate surface area is 75.5 Å². The Morgan fingerprint density at radius 1 is 1.36 bits per heavy atom. The number of nitrogens with one attached hydrogen (secondary N) is 2. The minimum Gasteiger partial charge on any atom is -0.306 e. The van der Waals surface area contributed by atoms with Gasteiger partial charge in [0, 0.05) is 6.07 Å². The maximum atomic E-state index is 13.3. The highest BCUT2D eigenvalue weighted by Gasteiger charge is 2.18. The fourth-order valence-corrected chi connectivity index (χ4v) is 1.20. The Morgan fingerprint density at radius 3 is 2.71 bits per heavy atom. The van der Waals surface area contributed by atoms with Crippen molar-refractivity contribution in [1.82, 2.24) is 9.97 Å². The number of imidazole rings is 1. The van der Waals surface area contributed by atoms with Crippen LogP contribution in [-0.4, -0.2) is 14.9 Å². The van der Waals surface area contributed by atoms with Crippen LogP contribution in [0.5, 0.6) is 0 Å². The molecule has 1 heterocycles. The van der Waals surface area contributed by atoms with E-state index < -0.39 is 22.1 Å². The third-order valence-electron chi connectivity index (χ3n) is 1.81. The molecule has 2 N–H and O–H groups in total. The van der Waals surface area contributed by atoms with Crippen molar-refractivity contribution in [1.29, 1.82) is 0 Å². The molecule has 6 nitrogen and oxygen atoms in total. The van der Waals surface area contributed by atoms with Crippen molar-refractivity contribution in [2.45, 2.75) is 0 Å². The van der Waals surface area contributed by atoms with Crippen LogP contribution in [0.1, 0.15) is 0 Å². The first-order valence-electron chi connectivity index (χ1n) is 3.64. The van der Waals surface area contributed by atoms with E-state index >= 15 is 0 Å². The highest BCUT2D eigenvalue weighted by Crippen LogP contribution is 2.22. The predicted molar refractivity (Wildman–Crippen MR) is 45.5 cm³/mol. The number of fused-ring (bicyclic) bond motifs is 1. The molecule has 2 rings (SSSR count). The number of nitrogens with zero attached hydrogens (tertiary/aromatic N) is 1. The first-order valence-corrected chi connectivity index (χ1v) is 3.64. The molecule has 0 bridgehead atoms. The molecule has 0 saturated carbocycles. The maximum absolute atomic E-state index is 13.3. The number of nitro benzene ring substituents is 1. The van der Waals surface area contributed by atoms with Crippen molar-refractivity contribution in [2.75, 3.05) is 0 Å².